The summed E-state index contributed by atoms with van der Waals surface area (Å²) in [6.45, 7) is 0. The van der Waals surface area contributed by atoms with Gasteiger partial charge in [0.1, 0.15) is 5.69 Å². The fraction of sp³-hybridized carbons (Fsp3) is 0. The Morgan fingerprint density at radius 2 is 0.842 bits per heavy atom. The lowest BCUT2D eigenvalue weighted by Gasteiger charge is -2.16. The van der Waals surface area contributed by atoms with Crippen molar-refractivity contribution in [2.75, 3.05) is 0 Å². The van der Waals surface area contributed by atoms with Crippen LogP contribution in [0.4, 0.5) is 0 Å². The molecular weight excluding hydrogens is 713 g/mol. The number of hydrogen-bond donors (Lipinski definition) is 0. The van der Waals surface area contributed by atoms with Crippen molar-refractivity contribution in [3.05, 3.63) is 182 Å². The lowest BCUT2D eigenvalue weighted by atomic mass is 9.99. The van der Waals surface area contributed by atoms with Gasteiger partial charge in [0.2, 0.25) is 0 Å². The summed E-state index contributed by atoms with van der Waals surface area (Å²) in [4.78, 5) is 11.3. The molecule has 0 saturated carbocycles. The first kappa shape index (κ1) is 30.9. The molecule has 13 aromatic rings. The number of fused-ring (bicyclic) bond motifs is 15. The summed E-state index contributed by atoms with van der Waals surface area (Å²) in [6, 6.07) is 65.7. The Bertz CT molecular complexity index is 3810. The Morgan fingerprint density at radius 3 is 1.53 bits per heavy atom. The summed E-state index contributed by atoms with van der Waals surface area (Å²) < 4.78 is 7.41. The Kier molecular flexibility index (Phi) is 6.29. The van der Waals surface area contributed by atoms with Crippen LogP contribution < -0.4 is 0 Å². The predicted octanol–water partition coefficient (Wildman–Crippen LogP) is 14.2. The SMILES string of the molecule is c1ccc(-c2nc3c4ccccc4c4ccccc4c3nc2-n2c3ccccc3c3cc4c(cc32)c2ccccc2n4-c2ccc3c(c2)sc2ccccc23)cc1. The van der Waals surface area contributed by atoms with Crippen molar-refractivity contribution in [2.24, 2.45) is 0 Å². The largest absolute Gasteiger partial charge is 0.309 e. The molecule has 0 atom stereocenters. The van der Waals surface area contributed by atoms with Crippen molar-refractivity contribution in [2.45, 2.75) is 0 Å². The minimum Gasteiger partial charge on any atom is -0.309 e. The highest BCUT2D eigenvalue weighted by Gasteiger charge is 2.23. The number of hydrogen-bond acceptors (Lipinski definition) is 3. The van der Waals surface area contributed by atoms with Gasteiger partial charge in [-0.2, -0.15) is 0 Å². The Morgan fingerprint density at radius 1 is 0.333 bits per heavy atom. The monoisotopic (exact) mass is 742 g/mol. The van der Waals surface area contributed by atoms with E-state index in [1.54, 1.807) is 0 Å². The van der Waals surface area contributed by atoms with Gasteiger partial charge < -0.3 is 4.57 Å². The van der Waals surface area contributed by atoms with Gasteiger partial charge in [0.05, 0.1) is 33.1 Å². The van der Waals surface area contributed by atoms with E-state index in [1.165, 1.54) is 63.5 Å². The average molecular weight is 743 g/mol. The van der Waals surface area contributed by atoms with Crippen LogP contribution in [0.2, 0.25) is 0 Å². The zero-order chi connectivity index (χ0) is 37.2. The first-order valence-corrected chi connectivity index (χ1v) is 20.2. The summed E-state index contributed by atoms with van der Waals surface area (Å²) in [6.07, 6.45) is 0. The second kappa shape index (κ2) is 11.6. The highest BCUT2D eigenvalue weighted by Crippen LogP contribution is 2.43. The molecule has 264 valence electrons. The molecule has 0 aliphatic rings. The molecule has 0 fully saturated rings. The zero-order valence-electron chi connectivity index (χ0n) is 30.5. The molecule has 0 aliphatic heterocycles. The van der Waals surface area contributed by atoms with E-state index in [1.807, 2.05) is 11.3 Å². The van der Waals surface area contributed by atoms with Gasteiger partial charge >= 0.3 is 0 Å². The van der Waals surface area contributed by atoms with Crippen LogP contribution in [0.3, 0.4) is 0 Å². The third kappa shape index (κ3) is 4.32. The standard InChI is InChI=1S/C52H30N4S/c1-2-14-31(15-3-1)49-52(54-51-40-22-7-5-17-34(40)33-16-4-6-21-39(33)50(51)53-49)56-44-24-12-9-19-36(44)42-29-45-41(30-46(42)56)35-18-8-11-23-43(35)55(45)32-26-27-38-37-20-10-13-25-47(37)57-48(38)28-32/h1-30H. The van der Waals surface area contributed by atoms with E-state index in [-0.39, 0.29) is 0 Å². The molecule has 57 heavy (non-hydrogen) atoms. The fourth-order valence-electron chi connectivity index (χ4n) is 9.39. The molecule has 0 radical (unpaired) electrons. The van der Waals surface area contributed by atoms with Gasteiger partial charge in [0, 0.05) is 63.7 Å². The number of nitrogens with zero attached hydrogens (tertiary/aromatic N) is 4. The maximum Gasteiger partial charge on any atom is 0.165 e. The topological polar surface area (TPSA) is 35.6 Å². The van der Waals surface area contributed by atoms with Crippen LogP contribution in [0.1, 0.15) is 0 Å². The third-order valence-corrected chi connectivity index (χ3v) is 13.0. The molecule has 0 unspecified atom stereocenters. The molecule has 0 amide bonds. The second-order valence-electron chi connectivity index (χ2n) is 14.9. The maximum atomic E-state index is 5.71. The van der Waals surface area contributed by atoms with Gasteiger partial charge in [-0.1, -0.05) is 140 Å². The van der Waals surface area contributed by atoms with E-state index in [2.05, 4.69) is 191 Å². The average Bonchev–Trinajstić information content (AvgIpc) is 3.92. The molecular formula is C52H30N4S. The van der Waals surface area contributed by atoms with Gasteiger partial charge in [-0.25, -0.2) is 9.97 Å². The van der Waals surface area contributed by atoms with E-state index < -0.39 is 0 Å². The third-order valence-electron chi connectivity index (χ3n) is 11.9. The molecule has 4 aromatic heterocycles. The minimum atomic E-state index is 0.818. The molecule has 5 heteroatoms. The van der Waals surface area contributed by atoms with Gasteiger partial charge in [-0.05, 0) is 53.2 Å². The lowest BCUT2D eigenvalue weighted by molar-refractivity contribution is 1.08. The van der Waals surface area contributed by atoms with Gasteiger partial charge in [0.15, 0.2) is 5.82 Å². The molecule has 0 bridgehead atoms. The van der Waals surface area contributed by atoms with Gasteiger partial charge in [-0.15, -0.1) is 11.3 Å². The summed E-state index contributed by atoms with van der Waals surface area (Å²) in [5, 5.41) is 11.9. The number of thiophene rings is 1. The smallest absolute Gasteiger partial charge is 0.165 e. The van der Waals surface area contributed by atoms with Crippen molar-refractivity contribution in [1.29, 1.82) is 0 Å². The number of para-hydroxylation sites is 2. The molecule has 9 aromatic carbocycles. The molecule has 0 saturated heterocycles. The number of rotatable bonds is 3. The molecule has 4 heterocycles. The predicted molar refractivity (Wildman–Crippen MR) is 242 cm³/mol. The van der Waals surface area contributed by atoms with Crippen molar-refractivity contribution in [3.8, 4) is 22.8 Å². The van der Waals surface area contributed by atoms with Crippen molar-refractivity contribution in [3.63, 3.8) is 0 Å². The van der Waals surface area contributed by atoms with Crippen LogP contribution in [0.25, 0.3) is 119 Å². The molecule has 4 nitrogen and oxygen atoms in total. The van der Waals surface area contributed by atoms with Crippen LogP contribution in [0.5, 0.6) is 0 Å². The first-order chi connectivity index (χ1) is 28.3. The molecule has 13 rings (SSSR count). The lowest BCUT2D eigenvalue weighted by Crippen LogP contribution is -2.04. The van der Waals surface area contributed by atoms with E-state index in [0.29, 0.717) is 0 Å². The first-order valence-electron chi connectivity index (χ1n) is 19.3. The highest BCUT2D eigenvalue weighted by molar-refractivity contribution is 7.25. The maximum absolute atomic E-state index is 5.71. The van der Waals surface area contributed by atoms with Crippen molar-refractivity contribution < 1.29 is 0 Å². The summed E-state index contributed by atoms with van der Waals surface area (Å²) in [7, 11) is 0. The Balaban J connectivity index is 1.16. The highest BCUT2D eigenvalue weighted by atomic mass is 32.1. The summed E-state index contributed by atoms with van der Waals surface area (Å²) in [5.41, 5.74) is 9.41. The van der Waals surface area contributed by atoms with E-state index in [4.69, 9.17) is 9.97 Å². The minimum absolute atomic E-state index is 0.818. The van der Waals surface area contributed by atoms with Crippen LogP contribution in [-0.4, -0.2) is 19.1 Å². The van der Waals surface area contributed by atoms with Crippen molar-refractivity contribution >= 4 is 108 Å². The Labute approximate surface area is 330 Å². The molecule has 0 N–H and O–H groups in total. The van der Waals surface area contributed by atoms with E-state index in [9.17, 15) is 0 Å². The number of benzene rings is 9. The van der Waals surface area contributed by atoms with Gasteiger partial charge in [0.25, 0.3) is 0 Å². The summed E-state index contributed by atoms with van der Waals surface area (Å²) in [5.74, 6) is 0.818. The fourth-order valence-corrected chi connectivity index (χ4v) is 10.5. The Hall–Kier alpha value is -7.34. The second-order valence-corrected chi connectivity index (χ2v) is 16.0. The van der Waals surface area contributed by atoms with E-state index >= 15 is 0 Å². The normalized spacial score (nSPS) is 12.2. The quantitative estimate of drug-likeness (QED) is 0.169. The zero-order valence-corrected chi connectivity index (χ0v) is 31.3. The summed E-state index contributed by atoms with van der Waals surface area (Å²) >= 11 is 1.86. The van der Waals surface area contributed by atoms with E-state index in [0.717, 1.165) is 55.6 Å². The van der Waals surface area contributed by atoms with Crippen LogP contribution in [-0.2, 0) is 0 Å². The van der Waals surface area contributed by atoms with Gasteiger partial charge in [-0.3, -0.25) is 4.57 Å². The molecule has 0 aliphatic carbocycles. The molecule has 0 spiro atoms. The van der Waals surface area contributed by atoms with Crippen LogP contribution >= 0.6 is 11.3 Å². The van der Waals surface area contributed by atoms with Crippen LogP contribution in [0, 0.1) is 0 Å². The van der Waals surface area contributed by atoms with Crippen LogP contribution in [0.15, 0.2) is 182 Å². The number of aromatic nitrogens is 4. The van der Waals surface area contributed by atoms with Crippen molar-refractivity contribution in [1.82, 2.24) is 19.1 Å².